The van der Waals surface area contributed by atoms with E-state index < -0.39 is 0 Å². The predicted octanol–water partition coefficient (Wildman–Crippen LogP) is 3.03. The fourth-order valence-corrected chi connectivity index (χ4v) is 1.20. The Balaban J connectivity index is 4.02. The van der Waals surface area contributed by atoms with Crippen LogP contribution in [0.4, 0.5) is 0 Å². The molecular formula is C12H21O3P. The van der Waals surface area contributed by atoms with Crippen LogP contribution in [0.15, 0.2) is 24.3 Å². The van der Waals surface area contributed by atoms with Crippen LogP contribution in [0.1, 0.15) is 33.1 Å². The Morgan fingerprint density at radius 1 is 1.56 bits per heavy atom. The van der Waals surface area contributed by atoms with Crippen molar-refractivity contribution in [3.05, 3.63) is 24.3 Å². The van der Waals surface area contributed by atoms with E-state index in [9.17, 15) is 4.79 Å². The highest BCUT2D eigenvalue weighted by Gasteiger charge is 2.09. The van der Waals surface area contributed by atoms with Crippen LogP contribution < -0.4 is 0 Å². The van der Waals surface area contributed by atoms with Crippen molar-refractivity contribution in [2.75, 3.05) is 6.61 Å². The van der Waals surface area contributed by atoms with Crippen molar-refractivity contribution >= 4 is 15.4 Å². The molecule has 0 aromatic carbocycles. The van der Waals surface area contributed by atoms with Crippen molar-refractivity contribution in [2.24, 2.45) is 0 Å². The van der Waals surface area contributed by atoms with E-state index in [1.165, 1.54) is 0 Å². The molecule has 0 aromatic rings. The van der Waals surface area contributed by atoms with Crippen LogP contribution >= 0.6 is 9.47 Å². The van der Waals surface area contributed by atoms with E-state index in [1.807, 2.05) is 19.1 Å². The molecule has 92 valence electrons. The van der Waals surface area contributed by atoms with Crippen molar-refractivity contribution in [1.29, 1.82) is 0 Å². The maximum absolute atomic E-state index is 11.1. The van der Waals surface area contributed by atoms with Crippen LogP contribution in [-0.4, -0.2) is 18.7 Å². The van der Waals surface area contributed by atoms with Gasteiger partial charge in [0, 0.05) is 15.9 Å². The fraction of sp³-hybridized carbons (Fsp3) is 0.583. The van der Waals surface area contributed by atoms with E-state index in [0.717, 1.165) is 18.4 Å². The van der Waals surface area contributed by atoms with Crippen molar-refractivity contribution < 1.29 is 14.1 Å². The lowest BCUT2D eigenvalue weighted by atomic mass is 10.1. The monoisotopic (exact) mass is 244 g/mol. The van der Waals surface area contributed by atoms with Crippen LogP contribution in [0.3, 0.4) is 0 Å². The number of carbonyl (C=O) groups is 1. The zero-order valence-electron chi connectivity index (χ0n) is 10.1. The summed E-state index contributed by atoms with van der Waals surface area (Å²) in [5.41, 5.74) is 0.834. The number of allylic oxidation sites excluding steroid dienone is 1. The van der Waals surface area contributed by atoms with Gasteiger partial charge in [0.25, 0.3) is 0 Å². The van der Waals surface area contributed by atoms with Crippen LogP contribution in [-0.2, 0) is 14.1 Å². The third kappa shape index (κ3) is 7.61. The number of hydrogen-bond acceptors (Lipinski definition) is 3. The second kappa shape index (κ2) is 9.56. The summed E-state index contributed by atoms with van der Waals surface area (Å²) in [5, 5.41) is 0. The first-order valence-corrected chi connectivity index (χ1v) is 5.92. The van der Waals surface area contributed by atoms with Gasteiger partial charge in [-0.2, -0.15) is 0 Å². The van der Waals surface area contributed by atoms with Crippen molar-refractivity contribution in [3.8, 4) is 0 Å². The summed E-state index contributed by atoms with van der Waals surface area (Å²) in [4.78, 5) is 11.1. The van der Waals surface area contributed by atoms with Crippen molar-refractivity contribution in [2.45, 2.75) is 39.2 Å². The SMILES string of the molecule is C=C(C)C(C=CCCCOP)OC(=O)CC. The fourth-order valence-electron chi connectivity index (χ4n) is 1.03. The minimum Gasteiger partial charge on any atom is -0.454 e. The molecule has 2 unspecified atom stereocenters. The first-order valence-electron chi connectivity index (χ1n) is 5.45. The summed E-state index contributed by atoms with van der Waals surface area (Å²) in [7, 11) is 2.22. The second-order valence-electron chi connectivity index (χ2n) is 3.55. The smallest absolute Gasteiger partial charge is 0.306 e. The lowest BCUT2D eigenvalue weighted by Gasteiger charge is -2.13. The molecule has 4 heteroatoms. The molecule has 0 fully saturated rings. The topological polar surface area (TPSA) is 35.5 Å². The molecule has 0 spiro atoms. The Hall–Kier alpha value is -0.660. The van der Waals surface area contributed by atoms with E-state index in [0.29, 0.717) is 13.0 Å². The number of hydrogen-bond donors (Lipinski definition) is 0. The molecule has 0 rings (SSSR count). The van der Waals surface area contributed by atoms with E-state index in [2.05, 4.69) is 16.0 Å². The van der Waals surface area contributed by atoms with Crippen LogP contribution in [0.25, 0.3) is 0 Å². The van der Waals surface area contributed by atoms with E-state index in [-0.39, 0.29) is 12.1 Å². The molecule has 0 N–H and O–H groups in total. The van der Waals surface area contributed by atoms with Crippen LogP contribution in [0.2, 0.25) is 0 Å². The maximum atomic E-state index is 11.1. The molecule has 0 heterocycles. The summed E-state index contributed by atoms with van der Waals surface area (Å²) >= 11 is 0. The third-order valence-electron chi connectivity index (χ3n) is 1.98. The molecule has 0 bridgehead atoms. The lowest BCUT2D eigenvalue weighted by molar-refractivity contribution is -0.145. The summed E-state index contributed by atoms with van der Waals surface area (Å²) in [6, 6.07) is 0. The molecule has 0 radical (unpaired) electrons. The average Bonchev–Trinajstić information content (AvgIpc) is 2.26. The first-order chi connectivity index (χ1) is 7.61. The molecule has 0 aliphatic heterocycles. The standard InChI is InChI=1S/C12H21O3P/c1-4-12(13)15-11(10(2)3)8-6-5-7-9-14-16/h6,8,11H,2,4-5,7,9,16H2,1,3H3. The van der Waals surface area contributed by atoms with Gasteiger partial charge in [-0.3, -0.25) is 4.79 Å². The van der Waals surface area contributed by atoms with Gasteiger partial charge < -0.3 is 9.26 Å². The van der Waals surface area contributed by atoms with Gasteiger partial charge in [-0.15, -0.1) is 0 Å². The summed E-state index contributed by atoms with van der Waals surface area (Å²) < 4.78 is 10.1. The van der Waals surface area contributed by atoms with Gasteiger partial charge in [0.05, 0.1) is 6.61 Å². The number of unbranched alkanes of at least 4 members (excludes halogenated alkanes) is 1. The number of carbonyl (C=O) groups excluding carboxylic acids is 1. The highest BCUT2D eigenvalue weighted by atomic mass is 31.0. The predicted molar refractivity (Wildman–Crippen MR) is 69.0 cm³/mol. The molecule has 3 nitrogen and oxygen atoms in total. The average molecular weight is 244 g/mol. The molecule has 16 heavy (non-hydrogen) atoms. The summed E-state index contributed by atoms with van der Waals surface area (Å²) in [6.07, 6.45) is 5.81. The molecular weight excluding hydrogens is 223 g/mol. The lowest BCUT2D eigenvalue weighted by Crippen LogP contribution is -2.15. The van der Waals surface area contributed by atoms with Crippen LogP contribution in [0, 0.1) is 0 Å². The van der Waals surface area contributed by atoms with Gasteiger partial charge in [-0.25, -0.2) is 0 Å². The van der Waals surface area contributed by atoms with Gasteiger partial charge in [0.1, 0.15) is 6.10 Å². The molecule has 0 aliphatic rings. The maximum Gasteiger partial charge on any atom is 0.306 e. The Morgan fingerprint density at radius 3 is 2.75 bits per heavy atom. The van der Waals surface area contributed by atoms with Crippen LogP contribution in [0.5, 0.6) is 0 Å². The molecule has 0 aliphatic carbocycles. The third-order valence-corrected chi connectivity index (χ3v) is 2.21. The largest absolute Gasteiger partial charge is 0.454 e. The van der Waals surface area contributed by atoms with Crippen molar-refractivity contribution in [3.63, 3.8) is 0 Å². The second-order valence-corrected chi connectivity index (χ2v) is 3.88. The zero-order valence-corrected chi connectivity index (χ0v) is 11.2. The molecule has 0 saturated heterocycles. The van der Waals surface area contributed by atoms with Gasteiger partial charge in [0.15, 0.2) is 0 Å². The Kier molecular flexibility index (Phi) is 9.16. The Bertz CT molecular complexity index is 249. The summed E-state index contributed by atoms with van der Waals surface area (Å²) in [5.74, 6) is -0.203. The normalized spacial score (nSPS) is 12.7. The Morgan fingerprint density at radius 2 is 2.25 bits per heavy atom. The minimum atomic E-state index is -0.302. The van der Waals surface area contributed by atoms with Gasteiger partial charge in [-0.1, -0.05) is 19.6 Å². The van der Waals surface area contributed by atoms with Gasteiger partial charge in [-0.05, 0) is 31.4 Å². The van der Waals surface area contributed by atoms with E-state index >= 15 is 0 Å². The number of rotatable bonds is 8. The van der Waals surface area contributed by atoms with E-state index in [1.54, 1.807) is 6.92 Å². The zero-order chi connectivity index (χ0) is 12.4. The highest BCUT2D eigenvalue weighted by Crippen LogP contribution is 2.08. The quantitative estimate of drug-likeness (QED) is 0.285. The summed E-state index contributed by atoms with van der Waals surface area (Å²) in [6.45, 7) is 8.14. The molecule has 2 atom stereocenters. The highest BCUT2D eigenvalue weighted by molar-refractivity contribution is 7.09. The minimum absolute atomic E-state index is 0.203. The Labute approximate surface area is 100 Å². The first kappa shape index (κ1) is 15.3. The van der Waals surface area contributed by atoms with Crippen molar-refractivity contribution in [1.82, 2.24) is 0 Å². The molecule has 0 amide bonds. The van der Waals surface area contributed by atoms with Gasteiger partial charge >= 0.3 is 5.97 Å². The van der Waals surface area contributed by atoms with Gasteiger partial charge in [0.2, 0.25) is 0 Å². The molecule has 0 aromatic heterocycles. The number of ether oxygens (including phenoxy) is 1. The number of esters is 1. The van der Waals surface area contributed by atoms with E-state index in [4.69, 9.17) is 9.26 Å². The molecule has 0 saturated carbocycles.